The van der Waals surface area contributed by atoms with Crippen LogP contribution in [0.1, 0.15) is 17.9 Å². The van der Waals surface area contributed by atoms with Gasteiger partial charge in [0.1, 0.15) is 5.82 Å². The zero-order valence-corrected chi connectivity index (χ0v) is 8.97. The largest absolute Gasteiger partial charge is 0.395 e. The van der Waals surface area contributed by atoms with E-state index < -0.39 is 5.82 Å². The highest BCUT2D eigenvalue weighted by Crippen LogP contribution is 2.30. The van der Waals surface area contributed by atoms with E-state index in [1.54, 1.807) is 12.1 Å². The van der Waals surface area contributed by atoms with Gasteiger partial charge in [0.2, 0.25) is 0 Å². The van der Waals surface area contributed by atoms with Gasteiger partial charge in [-0.2, -0.15) is 0 Å². The Bertz CT molecular complexity index is 358. The van der Waals surface area contributed by atoms with Gasteiger partial charge < -0.3 is 10.4 Å². The Kier molecular flexibility index (Phi) is 3.24. The van der Waals surface area contributed by atoms with Gasteiger partial charge in [-0.05, 0) is 30.7 Å². The first kappa shape index (κ1) is 10.9. The van der Waals surface area contributed by atoms with Gasteiger partial charge in [0, 0.05) is 12.0 Å². The highest BCUT2D eigenvalue weighted by molar-refractivity contribution is 6.30. The molecule has 0 bridgehead atoms. The fourth-order valence-corrected chi connectivity index (χ4v) is 2.29. The first-order chi connectivity index (χ1) is 7.22. The van der Waals surface area contributed by atoms with Gasteiger partial charge in [0.25, 0.3) is 0 Å². The van der Waals surface area contributed by atoms with E-state index in [9.17, 15) is 4.39 Å². The van der Waals surface area contributed by atoms with Crippen LogP contribution in [-0.4, -0.2) is 24.3 Å². The van der Waals surface area contributed by atoms with Gasteiger partial charge in [0.15, 0.2) is 0 Å². The highest BCUT2D eigenvalue weighted by atomic mass is 35.5. The SMILES string of the molecule is OCC1NCCC1c1ccc(F)c(Cl)c1. The molecule has 0 aromatic heterocycles. The quantitative estimate of drug-likeness (QED) is 0.812. The highest BCUT2D eigenvalue weighted by Gasteiger charge is 2.27. The molecule has 1 aromatic carbocycles. The van der Waals surface area contributed by atoms with Crippen molar-refractivity contribution in [1.29, 1.82) is 0 Å². The molecule has 15 heavy (non-hydrogen) atoms. The van der Waals surface area contributed by atoms with Gasteiger partial charge in [-0.25, -0.2) is 4.39 Å². The lowest BCUT2D eigenvalue weighted by Gasteiger charge is -2.17. The van der Waals surface area contributed by atoms with E-state index in [1.165, 1.54) is 6.07 Å². The molecule has 1 aliphatic heterocycles. The third-order valence-electron chi connectivity index (χ3n) is 2.92. The Labute approximate surface area is 93.1 Å². The maximum absolute atomic E-state index is 13.0. The molecule has 2 N–H and O–H groups in total. The summed E-state index contributed by atoms with van der Waals surface area (Å²) in [5, 5.41) is 12.5. The number of aliphatic hydroxyl groups excluding tert-OH is 1. The van der Waals surface area contributed by atoms with E-state index in [4.69, 9.17) is 16.7 Å². The van der Waals surface area contributed by atoms with Crippen molar-refractivity contribution in [3.8, 4) is 0 Å². The van der Waals surface area contributed by atoms with Crippen LogP contribution < -0.4 is 5.32 Å². The first-order valence-corrected chi connectivity index (χ1v) is 5.39. The van der Waals surface area contributed by atoms with Crippen molar-refractivity contribution in [2.45, 2.75) is 18.4 Å². The molecule has 0 saturated carbocycles. The molecule has 2 atom stereocenters. The summed E-state index contributed by atoms with van der Waals surface area (Å²) in [5.41, 5.74) is 0.991. The average Bonchev–Trinajstić information content (AvgIpc) is 2.70. The van der Waals surface area contributed by atoms with Crippen molar-refractivity contribution < 1.29 is 9.50 Å². The number of nitrogens with one attached hydrogen (secondary N) is 1. The van der Waals surface area contributed by atoms with Gasteiger partial charge in [0.05, 0.1) is 11.6 Å². The molecular formula is C11H13ClFNO. The Morgan fingerprint density at radius 2 is 2.33 bits per heavy atom. The number of rotatable bonds is 2. The second-order valence-corrected chi connectivity index (χ2v) is 4.22. The summed E-state index contributed by atoms with van der Waals surface area (Å²) in [6, 6.07) is 4.83. The molecule has 1 aliphatic rings. The number of halogens is 2. The van der Waals surface area contributed by atoms with Crippen LogP contribution in [0.5, 0.6) is 0 Å². The zero-order chi connectivity index (χ0) is 10.8. The van der Waals surface area contributed by atoms with Gasteiger partial charge in [-0.1, -0.05) is 17.7 Å². The molecule has 2 rings (SSSR count). The van der Waals surface area contributed by atoms with Crippen LogP contribution in [0.15, 0.2) is 18.2 Å². The van der Waals surface area contributed by atoms with Crippen molar-refractivity contribution in [3.63, 3.8) is 0 Å². The van der Waals surface area contributed by atoms with Crippen molar-refractivity contribution >= 4 is 11.6 Å². The zero-order valence-electron chi connectivity index (χ0n) is 8.21. The summed E-state index contributed by atoms with van der Waals surface area (Å²) in [4.78, 5) is 0. The van der Waals surface area contributed by atoms with Gasteiger partial charge >= 0.3 is 0 Å². The monoisotopic (exact) mass is 229 g/mol. The predicted molar refractivity (Wildman–Crippen MR) is 57.6 cm³/mol. The minimum Gasteiger partial charge on any atom is -0.395 e. The van der Waals surface area contributed by atoms with Crippen LogP contribution in [0.3, 0.4) is 0 Å². The lowest BCUT2D eigenvalue weighted by Crippen LogP contribution is -2.29. The summed E-state index contributed by atoms with van der Waals surface area (Å²) < 4.78 is 13.0. The van der Waals surface area contributed by atoms with Gasteiger partial charge in [-0.15, -0.1) is 0 Å². The molecule has 4 heteroatoms. The summed E-state index contributed by atoms with van der Waals surface area (Å²) >= 11 is 5.73. The molecule has 1 heterocycles. The second-order valence-electron chi connectivity index (χ2n) is 3.81. The molecule has 0 amide bonds. The molecule has 82 valence electrons. The first-order valence-electron chi connectivity index (χ1n) is 5.01. The van der Waals surface area contributed by atoms with Crippen LogP contribution >= 0.6 is 11.6 Å². The maximum Gasteiger partial charge on any atom is 0.141 e. The van der Waals surface area contributed by atoms with E-state index in [1.807, 2.05) is 0 Å². The number of hydrogen-bond acceptors (Lipinski definition) is 2. The van der Waals surface area contributed by atoms with Crippen LogP contribution in [0.4, 0.5) is 4.39 Å². The van der Waals surface area contributed by atoms with E-state index in [0.29, 0.717) is 0 Å². The third-order valence-corrected chi connectivity index (χ3v) is 3.21. The van der Waals surface area contributed by atoms with E-state index in [0.717, 1.165) is 18.5 Å². The minimum atomic E-state index is -0.396. The van der Waals surface area contributed by atoms with E-state index in [-0.39, 0.29) is 23.6 Å². The number of aliphatic hydroxyl groups is 1. The molecule has 0 spiro atoms. The van der Waals surface area contributed by atoms with E-state index in [2.05, 4.69) is 5.32 Å². The fourth-order valence-electron chi connectivity index (χ4n) is 2.10. The van der Waals surface area contributed by atoms with Crippen molar-refractivity contribution in [2.75, 3.05) is 13.2 Å². The normalized spacial score (nSPS) is 25.8. The molecule has 1 aromatic rings. The molecule has 1 fully saturated rings. The predicted octanol–water partition coefficient (Wildman–Crippen LogP) is 1.92. The summed E-state index contributed by atoms with van der Waals surface area (Å²) in [5.74, 6) is -0.167. The summed E-state index contributed by atoms with van der Waals surface area (Å²) in [7, 11) is 0. The van der Waals surface area contributed by atoms with Crippen molar-refractivity contribution in [1.82, 2.24) is 5.32 Å². The van der Waals surface area contributed by atoms with Gasteiger partial charge in [-0.3, -0.25) is 0 Å². The number of benzene rings is 1. The van der Waals surface area contributed by atoms with Crippen LogP contribution in [-0.2, 0) is 0 Å². The molecular weight excluding hydrogens is 217 g/mol. The maximum atomic E-state index is 13.0. The van der Waals surface area contributed by atoms with Crippen LogP contribution in [0.2, 0.25) is 5.02 Å². The molecule has 0 aliphatic carbocycles. The molecule has 0 radical (unpaired) electrons. The van der Waals surface area contributed by atoms with E-state index >= 15 is 0 Å². The lowest BCUT2D eigenvalue weighted by atomic mass is 9.92. The van der Waals surface area contributed by atoms with Crippen molar-refractivity contribution in [2.24, 2.45) is 0 Å². The Balaban J connectivity index is 2.25. The van der Waals surface area contributed by atoms with Crippen LogP contribution in [0.25, 0.3) is 0 Å². The topological polar surface area (TPSA) is 32.3 Å². The summed E-state index contributed by atoms with van der Waals surface area (Å²) in [6.07, 6.45) is 0.952. The smallest absolute Gasteiger partial charge is 0.141 e. The number of hydrogen-bond donors (Lipinski definition) is 2. The second kappa shape index (κ2) is 4.47. The van der Waals surface area contributed by atoms with Crippen LogP contribution in [0, 0.1) is 5.82 Å². The Morgan fingerprint density at radius 1 is 1.53 bits per heavy atom. The Hall–Kier alpha value is -0.640. The van der Waals surface area contributed by atoms with Crippen molar-refractivity contribution in [3.05, 3.63) is 34.6 Å². The Morgan fingerprint density at radius 3 is 3.00 bits per heavy atom. The minimum absolute atomic E-state index is 0.0616. The third kappa shape index (κ3) is 2.14. The standard InChI is InChI=1S/C11H13ClFNO/c12-9-5-7(1-2-10(9)13)8-3-4-14-11(8)6-15/h1-2,5,8,11,14-15H,3-4,6H2. The fraction of sp³-hybridized carbons (Fsp3) is 0.455. The lowest BCUT2D eigenvalue weighted by molar-refractivity contribution is 0.245. The molecule has 2 nitrogen and oxygen atoms in total. The summed E-state index contributed by atoms with van der Waals surface area (Å²) in [6.45, 7) is 0.977. The average molecular weight is 230 g/mol. The molecule has 2 unspecified atom stereocenters. The molecule has 1 saturated heterocycles.